The predicted octanol–water partition coefficient (Wildman–Crippen LogP) is 2.38. The van der Waals surface area contributed by atoms with Gasteiger partial charge in [-0.15, -0.1) is 0 Å². The minimum absolute atomic E-state index is 0.000486. The number of methoxy groups -OCH3 is 1. The molecule has 1 aromatic rings. The first-order chi connectivity index (χ1) is 17.7. The molecule has 0 aromatic heterocycles. The van der Waals surface area contributed by atoms with Crippen LogP contribution in [0.4, 0.5) is 5.69 Å². The Morgan fingerprint density at radius 3 is 2.68 bits per heavy atom. The topological polar surface area (TPSA) is 91.3 Å². The highest BCUT2D eigenvalue weighted by atomic mass is 16.6. The van der Waals surface area contributed by atoms with Gasteiger partial charge >= 0.3 is 5.97 Å². The molecular weight excluding hydrogens is 470 g/mol. The fourth-order valence-electron chi connectivity index (χ4n) is 8.69. The Morgan fingerprint density at radius 1 is 1.24 bits per heavy atom. The maximum atomic E-state index is 13.0. The molecule has 6 rings (SSSR count). The van der Waals surface area contributed by atoms with Gasteiger partial charge in [0.2, 0.25) is 5.91 Å². The quantitative estimate of drug-likeness (QED) is 0.450. The minimum atomic E-state index is -1.52. The molecule has 0 unspecified atom stereocenters. The van der Waals surface area contributed by atoms with E-state index < -0.39 is 34.5 Å². The van der Waals surface area contributed by atoms with E-state index in [9.17, 15) is 14.7 Å². The highest BCUT2D eigenvalue weighted by Crippen LogP contribution is 2.67. The van der Waals surface area contributed by atoms with Crippen LogP contribution in [0.15, 0.2) is 30.4 Å². The summed E-state index contributed by atoms with van der Waals surface area (Å²) in [5.74, 6) is 0.326. The molecule has 6 atom stereocenters. The van der Waals surface area contributed by atoms with Crippen molar-refractivity contribution in [2.45, 2.75) is 75.2 Å². The van der Waals surface area contributed by atoms with E-state index in [-0.39, 0.29) is 24.4 Å². The highest BCUT2D eigenvalue weighted by Gasteiger charge is 2.77. The lowest BCUT2D eigenvalue weighted by Crippen LogP contribution is -2.81. The lowest BCUT2D eigenvalue weighted by atomic mass is 9.47. The van der Waals surface area contributed by atoms with Crippen LogP contribution in [0.1, 0.15) is 51.5 Å². The molecule has 1 saturated heterocycles. The Labute approximate surface area is 219 Å². The third-order valence-corrected chi connectivity index (χ3v) is 10.2. The zero-order chi connectivity index (χ0) is 26.2. The van der Waals surface area contributed by atoms with Crippen molar-refractivity contribution in [2.75, 3.05) is 38.7 Å². The van der Waals surface area contributed by atoms with Crippen molar-refractivity contribution in [1.29, 1.82) is 0 Å². The molecule has 2 N–H and O–H groups in total. The van der Waals surface area contributed by atoms with Gasteiger partial charge in [-0.2, -0.15) is 0 Å². The van der Waals surface area contributed by atoms with Crippen LogP contribution in [0.5, 0.6) is 5.75 Å². The fraction of sp³-hybridized carbons (Fsp3) is 0.655. The Morgan fingerprint density at radius 2 is 2.03 bits per heavy atom. The van der Waals surface area contributed by atoms with E-state index in [0.717, 1.165) is 50.2 Å². The lowest BCUT2D eigenvalue weighted by molar-refractivity contribution is -0.217. The maximum Gasteiger partial charge on any atom is 0.303 e. The third kappa shape index (κ3) is 3.15. The summed E-state index contributed by atoms with van der Waals surface area (Å²) in [4.78, 5) is 30.3. The largest absolute Gasteiger partial charge is 0.497 e. The number of benzene rings is 1. The van der Waals surface area contributed by atoms with Crippen molar-refractivity contribution in [3.05, 3.63) is 35.9 Å². The van der Waals surface area contributed by atoms with E-state index in [1.807, 2.05) is 19.2 Å². The monoisotopic (exact) mass is 509 g/mol. The average Bonchev–Trinajstić information content (AvgIpc) is 3.36. The Bertz CT molecular complexity index is 1150. The van der Waals surface area contributed by atoms with Crippen molar-refractivity contribution in [3.63, 3.8) is 0 Å². The number of amides is 1. The molecule has 8 heteroatoms. The molecule has 0 bridgehead atoms. The summed E-state index contributed by atoms with van der Waals surface area (Å²) in [7, 11) is 3.68. The normalized spacial score (nSPS) is 37.9. The summed E-state index contributed by atoms with van der Waals surface area (Å²) in [6, 6.07) is 5.87. The number of ether oxygens (including phenoxy) is 2. The smallest absolute Gasteiger partial charge is 0.303 e. The van der Waals surface area contributed by atoms with E-state index >= 15 is 0 Å². The number of carbonyl (C=O) groups excluding carboxylic acids is 2. The Kier molecular flexibility index (Phi) is 5.66. The average molecular weight is 510 g/mol. The molecule has 3 fully saturated rings. The maximum absolute atomic E-state index is 13.0. The van der Waals surface area contributed by atoms with Crippen LogP contribution >= 0.6 is 0 Å². The second kappa shape index (κ2) is 8.46. The molecular formula is C29H39N3O5. The van der Waals surface area contributed by atoms with Crippen LogP contribution in [0.2, 0.25) is 0 Å². The number of fused-ring (bicyclic) bond motifs is 1. The van der Waals surface area contributed by atoms with Gasteiger partial charge in [-0.25, -0.2) is 0 Å². The van der Waals surface area contributed by atoms with Gasteiger partial charge in [0.1, 0.15) is 17.5 Å². The van der Waals surface area contributed by atoms with Crippen LogP contribution in [0, 0.1) is 11.3 Å². The standard InChI is InChI=1S/C29H39N3O5/c1-5-27-12-7-14-32-15-13-28(24(27)32)21-11-10-20(36-4)16-22(21)31(3)25(28)29(35,26(27)37-18(2)33)17-30-23(34)19-8-6-9-19/h7,10-12,16,19,24-26,35H,5-6,8-9,13-15,17H2,1-4H3,(H,30,34)/t24-,25+,26+,27+,28+,29-/m0/s1. The number of hydrogen-bond acceptors (Lipinski definition) is 7. The molecule has 8 nitrogen and oxygen atoms in total. The lowest BCUT2D eigenvalue weighted by Gasteiger charge is -2.64. The number of rotatable bonds is 6. The molecule has 3 heterocycles. The van der Waals surface area contributed by atoms with E-state index in [4.69, 9.17) is 9.47 Å². The third-order valence-electron chi connectivity index (χ3n) is 10.2. The van der Waals surface area contributed by atoms with Crippen molar-refractivity contribution in [2.24, 2.45) is 11.3 Å². The Hall–Kier alpha value is -2.58. The number of nitrogens with zero attached hydrogens (tertiary/aromatic N) is 2. The summed E-state index contributed by atoms with van der Waals surface area (Å²) < 4.78 is 11.7. The number of carbonyl (C=O) groups is 2. The molecule has 37 heavy (non-hydrogen) atoms. The molecule has 1 amide bonds. The van der Waals surface area contributed by atoms with Crippen LogP contribution in [0.25, 0.3) is 0 Å². The highest BCUT2D eigenvalue weighted by molar-refractivity contribution is 5.79. The van der Waals surface area contributed by atoms with Crippen molar-refractivity contribution >= 4 is 17.6 Å². The molecule has 2 saturated carbocycles. The number of esters is 1. The summed E-state index contributed by atoms with van der Waals surface area (Å²) in [5, 5.41) is 16.1. The number of nitrogens with one attached hydrogen (secondary N) is 1. The zero-order valence-corrected chi connectivity index (χ0v) is 22.3. The number of aliphatic hydroxyl groups is 1. The van der Waals surface area contributed by atoms with Gasteiger partial charge in [0.25, 0.3) is 0 Å². The molecule has 2 aliphatic carbocycles. The van der Waals surface area contributed by atoms with Gasteiger partial charge < -0.3 is 24.8 Å². The van der Waals surface area contributed by atoms with E-state index in [1.54, 1.807) is 7.11 Å². The van der Waals surface area contributed by atoms with Crippen LogP contribution in [-0.2, 0) is 19.7 Å². The molecule has 1 aromatic carbocycles. The predicted molar refractivity (Wildman–Crippen MR) is 140 cm³/mol. The van der Waals surface area contributed by atoms with Gasteiger partial charge in [0.05, 0.1) is 19.7 Å². The minimum Gasteiger partial charge on any atom is -0.497 e. The van der Waals surface area contributed by atoms with Crippen molar-refractivity contribution < 1.29 is 24.2 Å². The van der Waals surface area contributed by atoms with Gasteiger partial charge in [-0.3, -0.25) is 14.5 Å². The first kappa shape index (κ1) is 24.7. The number of likely N-dealkylation sites (N-methyl/N-ethyl adjacent to an activating group) is 1. The number of anilines is 1. The van der Waals surface area contributed by atoms with Crippen LogP contribution in [0.3, 0.4) is 0 Å². The van der Waals surface area contributed by atoms with Gasteiger partial charge in [0.15, 0.2) is 0 Å². The second-order valence-electron chi connectivity index (χ2n) is 11.8. The molecule has 5 aliphatic rings. The van der Waals surface area contributed by atoms with Gasteiger partial charge in [0, 0.05) is 55.1 Å². The SMILES string of the molecule is CC[C@]12C=CCN3CC[C@@]4(c5ccc(OC)cc5N(C)[C@H]4[C@@](O)(CNC(=O)C4CCC4)[C@@H]1OC(C)=O)[C@@H]32. The second-order valence-corrected chi connectivity index (χ2v) is 11.8. The summed E-state index contributed by atoms with van der Waals surface area (Å²) >= 11 is 0. The zero-order valence-electron chi connectivity index (χ0n) is 22.3. The summed E-state index contributed by atoms with van der Waals surface area (Å²) in [5.41, 5.74) is -0.292. The van der Waals surface area contributed by atoms with Gasteiger partial charge in [-0.05, 0) is 43.9 Å². The van der Waals surface area contributed by atoms with Crippen molar-refractivity contribution in [3.8, 4) is 5.75 Å². The fourth-order valence-corrected chi connectivity index (χ4v) is 8.69. The van der Waals surface area contributed by atoms with E-state index in [1.165, 1.54) is 12.5 Å². The van der Waals surface area contributed by atoms with Crippen LogP contribution in [-0.4, -0.2) is 79.5 Å². The van der Waals surface area contributed by atoms with Gasteiger partial charge in [-0.1, -0.05) is 31.6 Å². The van der Waals surface area contributed by atoms with E-state index in [2.05, 4.69) is 40.3 Å². The summed E-state index contributed by atoms with van der Waals surface area (Å²) in [6.07, 6.45) is 7.95. The van der Waals surface area contributed by atoms with Crippen molar-refractivity contribution in [1.82, 2.24) is 10.2 Å². The number of hydrogen-bond donors (Lipinski definition) is 2. The molecule has 3 aliphatic heterocycles. The summed E-state index contributed by atoms with van der Waals surface area (Å²) in [6.45, 7) is 5.29. The molecule has 200 valence electrons. The molecule has 0 radical (unpaired) electrons. The van der Waals surface area contributed by atoms with Crippen LogP contribution < -0.4 is 15.0 Å². The first-order valence-corrected chi connectivity index (χ1v) is 13.7. The molecule has 1 spiro atoms. The first-order valence-electron chi connectivity index (χ1n) is 13.7. The van der Waals surface area contributed by atoms with E-state index in [0.29, 0.717) is 6.42 Å². The Balaban J connectivity index is 1.56.